The molecule has 2 heterocycles. The smallest absolute Gasteiger partial charge is 0.139 e. The van der Waals surface area contributed by atoms with E-state index in [1.807, 2.05) is 0 Å². The molecule has 0 amide bonds. The second-order valence-corrected chi connectivity index (χ2v) is 6.48. The van der Waals surface area contributed by atoms with Crippen molar-refractivity contribution in [3.05, 3.63) is 29.6 Å². The Morgan fingerprint density at radius 2 is 1.87 bits per heavy atom. The molecule has 0 radical (unpaired) electrons. The van der Waals surface area contributed by atoms with E-state index in [2.05, 4.69) is 45.7 Å². The Bertz CT molecular complexity index is 670. The van der Waals surface area contributed by atoms with Gasteiger partial charge >= 0.3 is 0 Å². The molecule has 0 aliphatic carbocycles. The number of hydrogen-bond donors (Lipinski definition) is 1. The lowest BCUT2D eigenvalue weighted by atomic mass is 10.1. The van der Waals surface area contributed by atoms with E-state index in [1.165, 1.54) is 22.9 Å². The lowest BCUT2D eigenvalue weighted by Gasteiger charge is -2.24. The van der Waals surface area contributed by atoms with E-state index in [-0.39, 0.29) is 0 Å². The van der Waals surface area contributed by atoms with Crippen molar-refractivity contribution in [1.82, 2.24) is 14.9 Å². The molecule has 0 spiro atoms. The molecule has 1 fully saturated rings. The van der Waals surface area contributed by atoms with Crippen LogP contribution in [-0.4, -0.2) is 54.1 Å². The Balaban J connectivity index is 1.84. The third kappa shape index (κ3) is 3.62. The first-order valence-electron chi connectivity index (χ1n) is 8.58. The molecule has 0 bridgehead atoms. The van der Waals surface area contributed by atoms with Gasteiger partial charge in [0.05, 0.1) is 5.52 Å². The number of aryl methyl sites for hydroxylation is 2. The zero-order valence-corrected chi connectivity index (χ0v) is 14.3. The summed E-state index contributed by atoms with van der Waals surface area (Å²) in [5.74, 6) is 1.08. The average molecular weight is 313 g/mol. The van der Waals surface area contributed by atoms with Crippen LogP contribution in [-0.2, 0) is 0 Å². The van der Waals surface area contributed by atoms with Gasteiger partial charge in [0.2, 0.25) is 0 Å². The van der Waals surface area contributed by atoms with Crippen molar-refractivity contribution < 1.29 is 0 Å². The first-order valence-corrected chi connectivity index (χ1v) is 8.58. The lowest BCUT2D eigenvalue weighted by Crippen LogP contribution is -2.32. The van der Waals surface area contributed by atoms with Gasteiger partial charge in [-0.25, -0.2) is 9.97 Å². The first-order chi connectivity index (χ1) is 11.2. The van der Waals surface area contributed by atoms with E-state index >= 15 is 0 Å². The summed E-state index contributed by atoms with van der Waals surface area (Å²) in [5, 5.41) is 1.17. The first kappa shape index (κ1) is 16.1. The molecular formula is C18H27N5. The van der Waals surface area contributed by atoms with E-state index in [9.17, 15) is 0 Å². The molecule has 1 aliphatic heterocycles. The SMILES string of the molecule is Cc1cc2ncnc(N3CCCN(CCCN)CC3)c2cc1C. The molecule has 0 unspecified atom stereocenters. The molecule has 1 saturated heterocycles. The van der Waals surface area contributed by atoms with Crippen molar-refractivity contribution >= 4 is 16.7 Å². The molecule has 2 N–H and O–H groups in total. The second kappa shape index (κ2) is 7.23. The normalized spacial score (nSPS) is 16.7. The van der Waals surface area contributed by atoms with Gasteiger partial charge in [-0.1, -0.05) is 0 Å². The number of nitrogens with two attached hydrogens (primary N) is 1. The largest absolute Gasteiger partial charge is 0.355 e. The minimum Gasteiger partial charge on any atom is -0.355 e. The minimum absolute atomic E-state index is 0.773. The van der Waals surface area contributed by atoms with Gasteiger partial charge in [0.15, 0.2) is 0 Å². The summed E-state index contributed by atoms with van der Waals surface area (Å²) < 4.78 is 0. The lowest BCUT2D eigenvalue weighted by molar-refractivity contribution is 0.291. The van der Waals surface area contributed by atoms with Crippen molar-refractivity contribution in [3.63, 3.8) is 0 Å². The molecule has 0 atom stereocenters. The van der Waals surface area contributed by atoms with Crippen molar-refractivity contribution in [2.45, 2.75) is 26.7 Å². The van der Waals surface area contributed by atoms with Gasteiger partial charge < -0.3 is 15.5 Å². The van der Waals surface area contributed by atoms with E-state index in [4.69, 9.17) is 5.73 Å². The molecule has 3 rings (SSSR count). The van der Waals surface area contributed by atoms with Gasteiger partial charge in [-0.15, -0.1) is 0 Å². The maximum Gasteiger partial charge on any atom is 0.139 e. The third-order valence-corrected chi connectivity index (χ3v) is 4.80. The van der Waals surface area contributed by atoms with Gasteiger partial charge in [0.25, 0.3) is 0 Å². The number of rotatable bonds is 4. The van der Waals surface area contributed by atoms with Gasteiger partial charge in [-0.2, -0.15) is 0 Å². The number of anilines is 1. The molecule has 0 saturated carbocycles. The number of fused-ring (bicyclic) bond motifs is 1. The molecule has 23 heavy (non-hydrogen) atoms. The summed E-state index contributed by atoms with van der Waals surface area (Å²) in [6.45, 7) is 10.5. The highest BCUT2D eigenvalue weighted by Crippen LogP contribution is 2.26. The van der Waals surface area contributed by atoms with Crippen LogP contribution in [0.15, 0.2) is 18.5 Å². The Kier molecular flexibility index (Phi) is 5.08. The van der Waals surface area contributed by atoms with Crippen LogP contribution < -0.4 is 10.6 Å². The van der Waals surface area contributed by atoms with E-state index in [1.54, 1.807) is 6.33 Å². The molecule has 124 valence electrons. The van der Waals surface area contributed by atoms with Crippen LogP contribution in [0.4, 0.5) is 5.82 Å². The second-order valence-electron chi connectivity index (χ2n) is 6.48. The average Bonchev–Trinajstić information content (AvgIpc) is 2.79. The summed E-state index contributed by atoms with van der Waals surface area (Å²) in [7, 11) is 0. The predicted molar refractivity (Wildman–Crippen MR) is 96.0 cm³/mol. The fraction of sp³-hybridized carbons (Fsp3) is 0.556. The van der Waals surface area contributed by atoms with Crippen LogP contribution >= 0.6 is 0 Å². The van der Waals surface area contributed by atoms with Gasteiger partial charge in [-0.3, -0.25) is 0 Å². The van der Waals surface area contributed by atoms with Crippen LogP contribution in [0.1, 0.15) is 24.0 Å². The fourth-order valence-corrected chi connectivity index (χ4v) is 3.28. The van der Waals surface area contributed by atoms with Crippen molar-refractivity contribution in [2.24, 2.45) is 5.73 Å². The highest BCUT2D eigenvalue weighted by Gasteiger charge is 2.18. The highest BCUT2D eigenvalue weighted by atomic mass is 15.2. The monoisotopic (exact) mass is 313 g/mol. The number of nitrogens with zero attached hydrogens (tertiary/aromatic N) is 4. The van der Waals surface area contributed by atoms with Gasteiger partial charge in [-0.05, 0) is 69.6 Å². The summed E-state index contributed by atoms with van der Waals surface area (Å²) in [5.41, 5.74) is 9.26. The number of hydrogen-bond acceptors (Lipinski definition) is 5. The van der Waals surface area contributed by atoms with Crippen LogP contribution in [0, 0.1) is 13.8 Å². The number of benzene rings is 1. The zero-order chi connectivity index (χ0) is 16.2. The van der Waals surface area contributed by atoms with Crippen LogP contribution in [0.2, 0.25) is 0 Å². The molecular weight excluding hydrogens is 286 g/mol. The fourth-order valence-electron chi connectivity index (χ4n) is 3.28. The van der Waals surface area contributed by atoms with E-state index in [0.717, 1.165) is 57.0 Å². The summed E-state index contributed by atoms with van der Waals surface area (Å²) in [6.07, 6.45) is 3.94. The topological polar surface area (TPSA) is 58.3 Å². The summed E-state index contributed by atoms with van der Waals surface area (Å²) in [6, 6.07) is 4.40. The number of aromatic nitrogens is 2. The van der Waals surface area contributed by atoms with Crippen LogP contribution in [0.25, 0.3) is 10.9 Å². The van der Waals surface area contributed by atoms with Gasteiger partial charge in [0.1, 0.15) is 12.1 Å². The van der Waals surface area contributed by atoms with E-state index < -0.39 is 0 Å². The predicted octanol–water partition coefficient (Wildman–Crippen LogP) is 2.11. The Morgan fingerprint density at radius 1 is 1.04 bits per heavy atom. The minimum atomic E-state index is 0.773. The molecule has 2 aromatic rings. The Labute approximate surface area is 138 Å². The maximum atomic E-state index is 5.64. The molecule has 5 heteroatoms. The molecule has 5 nitrogen and oxygen atoms in total. The van der Waals surface area contributed by atoms with Crippen molar-refractivity contribution in [3.8, 4) is 0 Å². The van der Waals surface area contributed by atoms with Gasteiger partial charge in [0, 0.05) is 25.0 Å². The maximum absolute atomic E-state index is 5.64. The van der Waals surface area contributed by atoms with Crippen molar-refractivity contribution in [1.29, 1.82) is 0 Å². The summed E-state index contributed by atoms with van der Waals surface area (Å²) >= 11 is 0. The molecule has 1 aromatic carbocycles. The third-order valence-electron chi connectivity index (χ3n) is 4.80. The Morgan fingerprint density at radius 3 is 2.70 bits per heavy atom. The Hall–Kier alpha value is -1.72. The van der Waals surface area contributed by atoms with Crippen LogP contribution in [0.5, 0.6) is 0 Å². The zero-order valence-electron chi connectivity index (χ0n) is 14.3. The molecule has 1 aromatic heterocycles. The standard InChI is InChI=1S/C18H27N5/c1-14-11-16-17(12-15(14)2)20-13-21-18(16)23-8-4-7-22(9-10-23)6-3-5-19/h11-13H,3-10,19H2,1-2H3. The highest BCUT2D eigenvalue weighted by molar-refractivity contribution is 5.90. The summed E-state index contributed by atoms with van der Waals surface area (Å²) in [4.78, 5) is 14.0. The quantitative estimate of drug-likeness (QED) is 0.937. The van der Waals surface area contributed by atoms with E-state index in [0.29, 0.717) is 0 Å². The molecule has 1 aliphatic rings. The van der Waals surface area contributed by atoms with Crippen molar-refractivity contribution in [2.75, 3.05) is 44.2 Å². The van der Waals surface area contributed by atoms with Crippen LogP contribution in [0.3, 0.4) is 0 Å².